The van der Waals surface area contributed by atoms with Gasteiger partial charge in [-0.3, -0.25) is 5.10 Å². The Balaban J connectivity index is 2.04. The molecular formula is C18H20N4O4. The summed E-state index contributed by atoms with van der Waals surface area (Å²) in [6.07, 6.45) is 0. The van der Waals surface area contributed by atoms with Crippen molar-refractivity contribution in [2.45, 2.75) is 12.8 Å². The first-order chi connectivity index (χ1) is 12.6. The Morgan fingerprint density at radius 3 is 2.81 bits per heavy atom. The molecule has 3 rings (SSSR count). The van der Waals surface area contributed by atoms with Crippen LogP contribution in [-0.2, 0) is 4.74 Å². The van der Waals surface area contributed by atoms with E-state index >= 15 is 0 Å². The fourth-order valence-corrected chi connectivity index (χ4v) is 2.95. The number of methoxy groups -OCH3 is 2. The molecule has 1 atom stereocenters. The second-order valence-corrected chi connectivity index (χ2v) is 5.74. The fourth-order valence-electron chi connectivity index (χ4n) is 2.95. The molecule has 8 nitrogen and oxygen atoms in total. The summed E-state index contributed by atoms with van der Waals surface area (Å²) in [6, 6.07) is 7.67. The van der Waals surface area contributed by atoms with Crippen molar-refractivity contribution in [2.24, 2.45) is 5.73 Å². The third-order valence-electron chi connectivity index (χ3n) is 4.20. The van der Waals surface area contributed by atoms with Crippen molar-refractivity contribution in [1.82, 2.24) is 10.2 Å². The molecule has 0 bridgehead atoms. The van der Waals surface area contributed by atoms with E-state index in [1.807, 2.05) is 19.1 Å². The molecule has 0 saturated heterocycles. The van der Waals surface area contributed by atoms with Gasteiger partial charge in [-0.15, -0.1) is 5.10 Å². The zero-order chi connectivity index (χ0) is 18.7. The molecule has 0 aliphatic carbocycles. The van der Waals surface area contributed by atoms with Gasteiger partial charge in [0.25, 0.3) is 0 Å². The zero-order valence-corrected chi connectivity index (χ0v) is 14.8. The number of ether oxygens (including phenoxy) is 4. The largest absolute Gasteiger partial charge is 0.493 e. The minimum atomic E-state index is -0.399. The van der Waals surface area contributed by atoms with Crippen LogP contribution in [0.1, 0.15) is 22.7 Å². The van der Waals surface area contributed by atoms with Gasteiger partial charge in [-0.05, 0) is 24.6 Å². The summed E-state index contributed by atoms with van der Waals surface area (Å²) >= 11 is 0. The molecule has 0 fully saturated rings. The molecule has 8 heteroatoms. The van der Waals surface area contributed by atoms with E-state index in [1.54, 1.807) is 20.3 Å². The van der Waals surface area contributed by atoms with E-state index in [1.165, 1.54) is 0 Å². The predicted molar refractivity (Wildman–Crippen MR) is 93.0 cm³/mol. The summed E-state index contributed by atoms with van der Waals surface area (Å²) < 4.78 is 21.6. The lowest BCUT2D eigenvalue weighted by Crippen LogP contribution is -2.21. The number of hydrogen-bond acceptors (Lipinski definition) is 7. The van der Waals surface area contributed by atoms with Crippen LogP contribution >= 0.6 is 0 Å². The number of benzene rings is 1. The van der Waals surface area contributed by atoms with Gasteiger partial charge in [-0.1, -0.05) is 6.07 Å². The lowest BCUT2D eigenvalue weighted by molar-refractivity contribution is 0.144. The predicted octanol–water partition coefficient (Wildman–Crippen LogP) is 1.97. The number of H-pyrrole nitrogens is 1. The highest BCUT2D eigenvalue weighted by molar-refractivity contribution is 5.57. The average molecular weight is 356 g/mol. The molecule has 1 aliphatic rings. The number of nitrogens with zero attached hydrogens (tertiary/aromatic N) is 2. The number of aryl methyl sites for hydroxylation is 1. The summed E-state index contributed by atoms with van der Waals surface area (Å²) in [5, 5.41) is 16.6. The van der Waals surface area contributed by atoms with Crippen LogP contribution in [-0.4, -0.2) is 37.6 Å². The summed E-state index contributed by atoms with van der Waals surface area (Å²) in [4.78, 5) is 0. The zero-order valence-electron chi connectivity index (χ0n) is 14.8. The Bertz CT molecular complexity index is 882. The number of nitriles is 1. The first kappa shape index (κ1) is 17.6. The topological polar surface area (TPSA) is 115 Å². The molecule has 2 heterocycles. The number of aromatic amines is 1. The summed E-state index contributed by atoms with van der Waals surface area (Å²) in [7, 11) is 3.18. The van der Waals surface area contributed by atoms with Crippen molar-refractivity contribution in [3.8, 4) is 23.4 Å². The Labute approximate surface area is 151 Å². The number of fused-ring (bicyclic) bond motifs is 1. The Kier molecular flexibility index (Phi) is 5.00. The lowest BCUT2D eigenvalue weighted by atomic mass is 9.84. The third kappa shape index (κ3) is 3.05. The Morgan fingerprint density at radius 1 is 1.31 bits per heavy atom. The maximum Gasteiger partial charge on any atom is 0.244 e. The molecule has 0 spiro atoms. The van der Waals surface area contributed by atoms with Crippen LogP contribution in [0.5, 0.6) is 17.4 Å². The Hall–Kier alpha value is -3.18. The molecular weight excluding hydrogens is 336 g/mol. The molecule has 1 aromatic heterocycles. The highest BCUT2D eigenvalue weighted by Crippen LogP contribution is 2.44. The lowest BCUT2D eigenvalue weighted by Gasteiger charge is -2.24. The van der Waals surface area contributed by atoms with E-state index in [4.69, 9.17) is 24.7 Å². The van der Waals surface area contributed by atoms with Crippen LogP contribution in [0.4, 0.5) is 0 Å². The highest BCUT2D eigenvalue weighted by Gasteiger charge is 2.34. The maximum absolute atomic E-state index is 9.60. The number of nitrogens with two attached hydrogens (primary N) is 1. The molecule has 1 unspecified atom stereocenters. The van der Waals surface area contributed by atoms with Gasteiger partial charge in [0.15, 0.2) is 11.5 Å². The fraction of sp³-hybridized carbons (Fsp3) is 0.333. The minimum absolute atomic E-state index is 0.0517. The Morgan fingerprint density at radius 2 is 2.12 bits per heavy atom. The third-order valence-corrected chi connectivity index (χ3v) is 4.20. The van der Waals surface area contributed by atoms with Crippen molar-refractivity contribution in [3.05, 3.63) is 46.5 Å². The van der Waals surface area contributed by atoms with Gasteiger partial charge in [0.1, 0.15) is 18.2 Å². The summed E-state index contributed by atoms with van der Waals surface area (Å²) in [5.74, 6) is 1.19. The summed E-state index contributed by atoms with van der Waals surface area (Å²) in [6.45, 7) is 2.75. The van der Waals surface area contributed by atoms with Gasteiger partial charge in [0.05, 0.1) is 19.6 Å². The minimum Gasteiger partial charge on any atom is -0.493 e. The molecule has 3 N–H and O–H groups in total. The number of hydrogen-bond donors (Lipinski definition) is 2. The van der Waals surface area contributed by atoms with Crippen molar-refractivity contribution in [1.29, 1.82) is 5.26 Å². The van der Waals surface area contributed by atoms with E-state index in [0.717, 1.165) is 16.8 Å². The number of nitrogens with one attached hydrogen (secondary N) is 1. The molecule has 136 valence electrons. The molecule has 0 radical (unpaired) electrons. The standard InChI is InChI=1S/C18H20N4O4/c1-10-15-16(12(9-19)17(20)26-18(15)22-21-10)11-4-5-13(14(8-11)24-3)25-7-6-23-2/h4-5,8,16H,6-7,20H2,1-3H3,(H,21,22). The molecule has 1 aromatic carbocycles. The van der Waals surface area contributed by atoms with Crippen molar-refractivity contribution >= 4 is 0 Å². The number of rotatable bonds is 6. The summed E-state index contributed by atoms with van der Waals surface area (Å²) in [5.41, 5.74) is 8.69. The van der Waals surface area contributed by atoms with Crippen LogP contribution in [0.25, 0.3) is 0 Å². The first-order valence-electron chi connectivity index (χ1n) is 8.02. The molecule has 0 amide bonds. The van der Waals surface area contributed by atoms with Gasteiger partial charge >= 0.3 is 0 Å². The van der Waals surface area contributed by atoms with Gasteiger partial charge in [0.2, 0.25) is 11.8 Å². The molecule has 2 aromatic rings. The van der Waals surface area contributed by atoms with E-state index in [2.05, 4.69) is 16.3 Å². The van der Waals surface area contributed by atoms with E-state index < -0.39 is 5.92 Å². The van der Waals surface area contributed by atoms with Crippen molar-refractivity contribution in [3.63, 3.8) is 0 Å². The van der Waals surface area contributed by atoms with Crippen molar-refractivity contribution in [2.75, 3.05) is 27.4 Å². The van der Waals surface area contributed by atoms with Gasteiger partial charge in [-0.2, -0.15) is 5.26 Å². The smallest absolute Gasteiger partial charge is 0.244 e. The maximum atomic E-state index is 9.60. The van der Waals surface area contributed by atoms with Crippen LogP contribution in [0, 0.1) is 18.3 Å². The van der Waals surface area contributed by atoms with Gasteiger partial charge in [0, 0.05) is 18.4 Å². The van der Waals surface area contributed by atoms with Gasteiger partial charge < -0.3 is 24.7 Å². The SMILES string of the molecule is COCCOc1ccc(C2C(C#N)=C(N)Oc3n[nH]c(C)c32)cc1OC. The average Bonchev–Trinajstić information content (AvgIpc) is 3.01. The van der Waals surface area contributed by atoms with Crippen molar-refractivity contribution < 1.29 is 18.9 Å². The number of aromatic nitrogens is 2. The van der Waals surface area contributed by atoms with Crippen LogP contribution in [0.2, 0.25) is 0 Å². The van der Waals surface area contributed by atoms with Crippen LogP contribution in [0.15, 0.2) is 29.7 Å². The monoisotopic (exact) mass is 356 g/mol. The van der Waals surface area contributed by atoms with Gasteiger partial charge in [-0.25, -0.2) is 0 Å². The van der Waals surface area contributed by atoms with Crippen LogP contribution in [0.3, 0.4) is 0 Å². The highest BCUT2D eigenvalue weighted by atomic mass is 16.5. The van der Waals surface area contributed by atoms with E-state index in [-0.39, 0.29) is 5.88 Å². The number of allylic oxidation sites excluding steroid dienone is 1. The first-order valence-corrected chi connectivity index (χ1v) is 8.02. The molecule has 26 heavy (non-hydrogen) atoms. The second kappa shape index (κ2) is 7.37. The van der Waals surface area contributed by atoms with E-state index in [9.17, 15) is 5.26 Å². The van der Waals surface area contributed by atoms with Crippen LogP contribution < -0.4 is 19.9 Å². The second-order valence-electron chi connectivity index (χ2n) is 5.74. The molecule has 0 saturated carbocycles. The normalized spacial score (nSPS) is 15.8. The van der Waals surface area contributed by atoms with E-state index in [0.29, 0.717) is 36.2 Å². The quantitative estimate of drug-likeness (QED) is 0.760. The molecule has 1 aliphatic heterocycles.